The van der Waals surface area contributed by atoms with Gasteiger partial charge in [0.25, 0.3) is 0 Å². The normalized spacial score (nSPS) is 11.6. The smallest absolute Gasteiger partial charge is 0.202 e. The van der Waals surface area contributed by atoms with Gasteiger partial charge in [-0.1, -0.05) is 25.0 Å². The van der Waals surface area contributed by atoms with E-state index in [1.54, 1.807) is 0 Å². The van der Waals surface area contributed by atoms with Crippen LogP contribution in [-0.2, 0) is 4.79 Å². The predicted octanol–water partition coefficient (Wildman–Crippen LogP) is 3.28. The Morgan fingerprint density at radius 3 is 2.61 bits per heavy atom. The summed E-state index contributed by atoms with van der Waals surface area (Å²) in [6, 6.07) is 4.48. The Labute approximate surface area is 113 Å². The van der Waals surface area contributed by atoms with E-state index in [0.29, 0.717) is 5.92 Å². The van der Waals surface area contributed by atoms with E-state index >= 15 is 0 Å². The molecule has 2 atom stereocenters. The van der Waals surface area contributed by atoms with Crippen LogP contribution in [0.25, 0.3) is 0 Å². The Kier molecular flexibility index (Phi) is 5.57. The first-order chi connectivity index (χ1) is 8.41. The minimum Gasteiger partial charge on any atom is -0.285 e. The molecule has 18 heavy (non-hydrogen) atoms. The molecule has 1 aromatic rings. The molecule has 0 aliphatic heterocycles. The summed E-state index contributed by atoms with van der Waals surface area (Å²) in [6.07, 6.45) is 1.77. The van der Waals surface area contributed by atoms with Gasteiger partial charge in [-0.15, -0.1) is 9.24 Å². The summed E-state index contributed by atoms with van der Waals surface area (Å²) in [7, 11) is 2.79. The van der Waals surface area contributed by atoms with Crippen molar-refractivity contribution in [1.29, 1.82) is 0 Å². The highest BCUT2D eigenvalue weighted by atomic mass is 31.0. The summed E-state index contributed by atoms with van der Waals surface area (Å²) in [5.74, 6) is 5.94. The SMILES string of the molecule is CC(=O)C#CCCC(C)c1cc(P)c(C)cc1C. The maximum Gasteiger partial charge on any atom is 0.202 e. The minimum absolute atomic E-state index is 0.0542. The molecule has 1 rings (SSSR count). The van der Waals surface area contributed by atoms with Crippen molar-refractivity contribution in [3.63, 3.8) is 0 Å². The van der Waals surface area contributed by atoms with E-state index in [9.17, 15) is 4.79 Å². The predicted molar refractivity (Wildman–Crippen MR) is 81.4 cm³/mol. The largest absolute Gasteiger partial charge is 0.285 e. The molecular formula is C16H21OP. The maximum atomic E-state index is 10.7. The van der Waals surface area contributed by atoms with Gasteiger partial charge in [0.05, 0.1) is 0 Å². The first kappa shape index (κ1) is 14.9. The van der Waals surface area contributed by atoms with Crippen molar-refractivity contribution >= 4 is 20.3 Å². The lowest BCUT2D eigenvalue weighted by Crippen LogP contribution is -2.05. The Morgan fingerprint density at radius 1 is 1.33 bits per heavy atom. The summed E-state index contributed by atoms with van der Waals surface area (Å²) in [5.41, 5.74) is 4.03. The molecule has 1 nitrogen and oxygen atoms in total. The van der Waals surface area contributed by atoms with Crippen LogP contribution in [0.3, 0.4) is 0 Å². The first-order valence-electron chi connectivity index (χ1n) is 6.28. The van der Waals surface area contributed by atoms with E-state index in [0.717, 1.165) is 12.8 Å². The van der Waals surface area contributed by atoms with Crippen molar-refractivity contribution in [3.8, 4) is 11.8 Å². The van der Waals surface area contributed by atoms with Crippen LogP contribution in [0.4, 0.5) is 0 Å². The van der Waals surface area contributed by atoms with Gasteiger partial charge < -0.3 is 0 Å². The molecule has 0 fully saturated rings. The van der Waals surface area contributed by atoms with Crippen LogP contribution < -0.4 is 5.30 Å². The highest BCUT2D eigenvalue weighted by Crippen LogP contribution is 2.24. The molecule has 96 valence electrons. The second-order valence-corrected chi connectivity index (χ2v) is 5.49. The number of carbonyl (C=O) groups is 1. The minimum atomic E-state index is -0.0542. The highest BCUT2D eigenvalue weighted by molar-refractivity contribution is 7.27. The second kappa shape index (κ2) is 6.72. The number of aryl methyl sites for hydroxylation is 2. The average molecular weight is 260 g/mol. The van der Waals surface area contributed by atoms with E-state index in [-0.39, 0.29) is 5.78 Å². The van der Waals surface area contributed by atoms with Gasteiger partial charge in [0.15, 0.2) is 0 Å². The average Bonchev–Trinajstić information content (AvgIpc) is 2.28. The Balaban J connectivity index is 2.73. The van der Waals surface area contributed by atoms with Crippen molar-refractivity contribution in [3.05, 3.63) is 28.8 Å². The number of hydrogen-bond acceptors (Lipinski definition) is 1. The second-order valence-electron chi connectivity index (χ2n) is 4.86. The third kappa shape index (κ3) is 4.28. The van der Waals surface area contributed by atoms with E-state index in [1.165, 1.54) is 28.9 Å². The first-order valence-corrected chi connectivity index (χ1v) is 6.85. The van der Waals surface area contributed by atoms with Gasteiger partial charge in [-0.05, 0) is 54.1 Å². The third-order valence-electron chi connectivity index (χ3n) is 3.15. The van der Waals surface area contributed by atoms with E-state index in [4.69, 9.17) is 0 Å². The van der Waals surface area contributed by atoms with E-state index in [1.807, 2.05) is 0 Å². The molecule has 0 saturated carbocycles. The molecule has 0 aliphatic rings. The number of rotatable bonds is 3. The molecule has 0 heterocycles. The molecule has 0 spiro atoms. The molecule has 0 aromatic heterocycles. The maximum absolute atomic E-state index is 10.7. The number of hydrogen-bond donors (Lipinski definition) is 0. The summed E-state index contributed by atoms with van der Waals surface area (Å²) in [4.78, 5) is 10.7. The number of Topliss-reactive ketones (excluding diaryl/α,β-unsaturated/α-hetero) is 1. The molecular weight excluding hydrogens is 239 g/mol. The van der Waals surface area contributed by atoms with Gasteiger partial charge in [0.1, 0.15) is 0 Å². The lowest BCUT2D eigenvalue weighted by Gasteiger charge is -2.15. The molecule has 0 radical (unpaired) electrons. The molecule has 0 bridgehead atoms. The van der Waals surface area contributed by atoms with Crippen LogP contribution in [0, 0.1) is 25.7 Å². The Bertz CT molecular complexity index is 506. The summed E-state index contributed by atoms with van der Waals surface area (Å²) < 4.78 is 0. The lowest BCUT2D eigenvalue weighted by molar-refractivity contribution is -0.111. The topological polar surface area (TPSA) is 17.1 Å². The fourth-order valence-electron chi connectivity index (χ4n) is 2.05. The van der Waals surface area contributed by atoms with Crippen molar-refractivity contribution < 1.29 is 4.79 Å². The quantitative estimate of drug-likeness (QED) is 0.463. The Hall–Kier alpha value is -1.12. The summed E-state index contributed by atoms with van der Waals surface area (Å²) >= 11 is 0. The van der Waals surface area contributed by atoms with Crippen LogP contribution >= 0.6 is 9.24 Å². The summed E-state index contributed by atoms with van der Waals surface area (Å²) in [6.45, 7) is 8.00. The zero-order valence-electron chi connectivity index (χ0n) is 11.6. The fraction of sp³-hybridized carbons (Fsp3) is 0.438. The molecule has 0 amide bonds. The Morgan fingerprint density at radius 2 is 2.00 bits per heavy atom. The van der Waals surface area contributed by atoms with Gasteiger partial charge in [-0.25, -0.2) is 0 Å². The lowest BCUT2D eigenvalue weighted by atomic mass is 9.91. The van der Waals surface area contributed by atoms with Gasteiger partial charge in [0.2, 0.25) is 5.78 Å². The monoisotopic (exact) mass is 260 g/mol. The van der Waals surface area contributed by atoms with Crippen molar-refractivity contribution in [2.45, 2.75) is 46.5 Å². The number of ketones is 1. The van der Waals surface area contributed by atoms with Crippen LogP contribution in [-0.4, -0.2) is 5.78 Å². The van der Waals surface area contributed by atoms with Gasteiger partial charge >= 0.3 is 0 Å². The standard InChI is InChI=1S/C16H21OP/c1-11(7-5-6-8-14(4)17)15-10-16(18)13(3)9-12(15)2/h9-11H,5,7,18H2,1-4H3. The fourth-order valence-corrected chi connectivity index (χ4v) is 2.31. The number of carbonyl (C=O) groups excluding carboxylic acids is 1. The van der Waals surface area contributed by atoms with Crippen LogP contribution in [0.5, 0.6) is 0 Å². The number of benzene rings is 1. The van der Waals surface area contributed by atoms with E-state index in [2.05, 4.69) is 54.0 Å². The van der Waals surface area contributed by atoms with Crippen molar-refractivity contribution in [2.75, 3.05) is 0 Å². The molecule has 0 N–H and O–H groups in total. The van der Waals surface area contributed by atoms with Crippen LogP contribution in [0.2, 0.25) is 0 Å². The molecule has 2 heteroatoms. The zero-order chi connectivity index (χ0) is 13.7. The van der Waals surface area contributed by atoms with Crippen LogP contribution in [0.15, 0.2) is 12.1 Å². The third-order valence-corrected chi connectivity index (χ3v) is 3.77. The molecule has 1 aromatic carbocycles. The van der Waals surface area contributed by atoms with Crippen molar-refractivity contribution in [2.24, 2.45) is 0 Å². The van der Waals surface area contributed by atoms with Crippen LogP contribution in [0.1, 0.15) is 49.3 Å². The molecule has 0 aliphatic carbocycles. The van der Waals surface area contributed by atoms with Gasteiger partial charge in [-0.3, -0.25) is 4.79 Å². The zero-order valence-corrected chi connectivity index (χ0v) is 12.8. The van der Waals surface area contributed by atoms with E-state index < -0.39 is 0 Å². The van der Waals surface area contributed by atoms with Gasteiger partial charge in [-0.2, -0.15) is 0 Å². The molecule has 0 saturated heterocycles. The van der Waals surface area contributed by atoms with Crippen molar-refractivity contribution in [1.82, 2.24) is 0 Å². The van der Waals surface area contributed by atoms with Gasteiger partial charge in [0, 0.05) is 13.3 Å². The summed E-state index contributed by atoms with van der Waals surface area (Å²) in [5, 5.41) is 1.26. The highest BCUT2D eigenvalue weighted by Gasteiger charge is 2.09. The molecule has 2 unspecified atom stereocenters.